The highest BCUT2D eigenvalue weighted by atomic mass is 16.3. The van der Waals surface area contributed by atoms with Gasteiger partial charge in [-0.1, -0.05) is 13.3 Å². The Bertz CT molecular complexity index is 369. The van der Waals surface area contributed by atoms with Gasteiger partial charge in [-0.3, -0.25) is 0 Å². The van der Waals surface area contributed by atoms with Crippen LogP contribution < -0.4 is 0 Å². The molecule has 3 nitrogen and oxygen atoms in total. The first kappa shape index (κ1) is 15.8. The van der Waals surface area contributed by atoms with E-state index in [1.165, 1.54) is 19.3 Å². The number of rotatable bonds is 3. The van der Waals surface area contributed by atoms with Crippen LogP contribution in [0.1, 0.15) is 58.8 Å². The van der Waals surface area contributed by atoms with Crippen molar-refractivity contribution in [3.63, 3.8) is 0 Å². The van der Waals surface area contributed by atoms with Gasteiger partial charge in [-0.05, 0) is 80.5 Å². The molecule has 0 aliphatic heterocycles. The smallest absolute Gasteiger partial charge is 0.0576 e. The van der Waals surface area contributed by atoms with Crippen LogP contribution in [0, 0.1) is 35.0 Å². The number of hydrogen-bond acceptors (Lipinski definition) is 3. The predicted molar refractivity (Wildman–Crippen MR) is 82.6 cm³/mol. The molecule has 3 fully saturated rings. The Morgan fingerprint density at radius 2 is 1.90 bits per heavy atom. The fraction of sp³-hybridized carbons (Fsp3) is 1.00. The predicted octanol–water partition coefficient (Wildman–Crippen LogP) is 2.58. The van der Waals surface area contributed by atoms with Crippen LogP contribution in [-0.4, -0.2) is 34.1 Å². The molecular formula is C18H32O3. The first-order valence-electron chi connectivity index (χ1n) is 8.94. The lowest BCUT2D eigenvalue weighted by Gasteiger charge is -2.54. The van der Waals surface area contributed by atoms with Crippen molar-refractivity contribution in [1.29, 1.82) is 0 Å². The maximum Gasteiger partial charge on any atom is 0.0576 e. The number of hydrogen-bond donors (Lipinski definition) is 3. The fourth-order valence-electron chi connectivity index (χ4n) is 6.40. The highest BCUT2D eigenvalue weighted by Gasteiger charge is 2.58. The number of fused-ring (bicyclic) bond motifs is 3. The van der Waals surface area contributed by atoms with Crippen LogP contribution in [0.2, 0.25) is 0 Å². The third-order valence-electron chi connectivity index (χ3n) is 7.33. The zero-order valence-corrected chi connectivity index (χ0v) is 13.5. The first-order chi connectivity index (χ1) is 9.97. The third-order valence-corrected chi connectivity index (χ3v) is 7.33. The maximum atomic E-state index is 10.8. The van der Waals surface area contributed by atoms with E-state index in [0.717, 1.165) is 25.7 Å². The van der Waals surface area contributed by atoms with Gasteiger partial charge in [0, 0.05) is 6.61 Å². The Morgan fingerprint density at radius 3 is 2.57 bits per heavy atom. The van der Waals surface area contributed by atoms with Crippen molar-refractivity contribution >= 4 is 0 Å². The Kier molecular flexibility index (Phi) is 4.37. The molecule has 122 valence electrons. The van der Waals surface area contributed by atoms with Gasteiger partial charge >= 0.3 is 0 Å². The van der Waals surface area contributed by atoms with Gasteiger partial charge in [-0.15, -0.1) is 0 Å². The summed E-state index contributed by atoms with van der Waals surface area (Å²) < 4.78 is 0. The molecule has 1 unspecified atom stereocenters. The number of aliphatic hydroxyl groups excluding tert-OH is 3. The van der Waals surface area contributed by atoms with Crippen molar-refractivity contribution in [2.24, 2.45) is 35.0 Å². The molecule has 3 heteroatoms. The summed E-state index contributed by atoms with van der Waals surface area (Å²) >= 11 is 0. The van der Waals surface area contributed by atoms with Gasteiger partial charge in [0.05, 0.1) is 12.2 Å². The monoisotopic (exact) mass is 296 g/mol. The maximum absolute atomic E-state index is 10.8. The second-order valence-corrected chi connectivity index (χ2v) is 8.33. The van der Waals surface area contributed by atoms with Gasteiger partial charge in [-0.25, -0.2) is 0 Å². The molecule has 0 amide bonds. The quantitative estimate of drug-likeness (QED) is 0.750. The minimum Gasteiger partial charge on any atom is -0.396 e. The van der Waals surface area contributed by atoms with E-state index < -0.39 is 0 Å². The van der Waals surface area contributed by atoms with Crippen LogP contribution >= 0.6 is 0 Å². The average molecular weight is 296 g/mol. The van der Waals surface area contributed by atoms with Crippen LogP contribution in [0.4, 0.5) is 0 Å². The Hall–Kier alpha value is -0.120. The summed E-state index contributed by atoms with van der Waals surface area (Å²) in [5, 5.41) is 30.1. The summed E-state index contributed by atoms with van der Waals surface area (Å²) in [6, 6.07) is 0. The van der Waals surface area contributed by atoms with Gasteiger partial charge in [0.15, 0.2) is 0 Å². The van der Waals surface area contributed by atoms with E-state index in [2.05, 4.69) is 6.92 Å². The van der Waals surface area contributed by atoms with E-state index in [4.69, 9.17) is 0 Å². The molecule has 0 spiro atoms. The lowest BCUT2D eigenvalue weighted by atomic mass is 9.52. The van der Waals surface area contributed by atoms with Crippen molar-refractivity contribution in [3.05, 3.63) is 0 Å². The van der Waals surface area contributed by atoms with E-state index in [9.17, 15) is 15.3 Å². The summed E-state index contributed by atoms with van der Waals surface area (Å²) in [6.45, 7) is 4.53. The summed E-state index contributed by atoms with van der Waals surface area (Å²) in [4.78, 5) is 0. The summed E-state index contributed by atoms with van der Waals surface area (Å²) in [6.07, 6.45) is 7.15. The second kappa shape index (κ2) is 5.82. The molecule has 0 heterocycles. The van der Waals surface area contributed by atoms with Gasteiger partial charge in [-0.2, -0.15) is 0 Å². The van der Waals surface area contributed by atoms with E-state index in [0.29, 0.717) is 29.6 Å². The zero-order valence-electron chi connectivity index (χ0n) is 13.5. The van der Waals surface area contributed by atoms with E-state index >= 15 is 0 Å². The highest BCUT2D eigenvalue weighted by molar-refractivity contribution is 5.07. The zero-order chi connectivity index (χ0) is 15.2. The molecule has 0 bridgehead atoms. The van der Waals surface area contributed by atoms with E-state index in [-0.39, 0.29) is 24.2 Å². The Balaban J connectivity index is 1.78. The lowest BCUT2D eigenvalue weighted by molar-refractivity contribution is -0.113. The van der Waals surface area contributed by atoms with Crippen molar-refractivity contribution in [3.8, 4) is 0 Å². The van der Waals surface area contributed by atoms with Gasteiger partial charge < -0.3 is 15.3 Å². The summed E-state index contributed by atoms with van der Waals surface area (Å²) in [7, 11) is 0. The van der Waals surface area contributed by atoms with Crippen molar-refractivity contribution in [2.45, 2.75) is 71.0 Å². The normalized spacial score (nSPS) is 51.3. The lowest BCUT2D eigenvalue weighted by Crippen LogP contribution is -2.51. The largest absolute Gasteiger partial charge is 0.396 e. The minimum absolute atomic E-state index is 0.124. The average Bonchev–Trinajstić information content (AvgIpc) is 2.76. The van der Waals surface area contributed by atoms with E-state index in [1.54, 1.807) is 0 Å². The van der Waals surface area contributed by atoms with Crippen LogP contribution in [0.25, 0.3) is 0 Å². The van der Waals surface area contributed by atoms with Crippen molar-refractivity contribution in [1.82, 2.24) is 0 Å². The molecule has 0 saturated heterocycles. The standard InChI is InChI=1S/C18H32O3/c1-11(20)15-5-6-16-13-4-3-12(7-8-19)9-14(13)17(21)10-18(15,16)2/h11-17,19-21H,3-10H2,1-2H3/t11?,12-,13-,14-,15-,16+,17-,18-/m1/s1. The van der Waals surface area contributed by atoms with Gasteiger partial charge in [0.25, 0.3) is 0 Å². The second-order valence-electron chi connectivity index (χ2n) is 8.33. The topological polar surface area (TPSA) is 60.7 Å². The number of aliphatic hydroxyl groups is 3. The molecule has 0 aromatic carbocycles. The molecule has 3 aliphatic carbocycles. The van der Waals surface area contributed by atoms with Crippen LogP contribution in [-0.2, 0) is 0 Å². The van der Waals surface area contributed by atoms with E-state index in [1.807, 2.05) is 6.92 Å². The highest BCUT2D eigenvalue weighted by Crippen LogP contribution is 2.62. The van der Waals surface area contributed by atoms with Crippen LogP contribution in [0.3, 0.4) is 0 Å². The molecule has 3 aliphatic rings. The molecule has 0 aromatic heterocycles. The van der Waals surface area contributed by atoms with Crippen molar-refractivity contribution < 1.29 is 15.3 Å². The molecule has 0 radical (unpaired) electrons. The molecule has 3 N–H and O–H groups in total. The SMILES string of the molecule is CC(O)[C@H]1CC[C@H]2[C@@H]3CC[C@H](CCO)C[C@H]3[C@H](O)C[C@]12C. The summed E-state index contributed by atoms with van der Waals surface area (Å²) in [5.41, 5.74) is 0.124. The van der Waals surface area contributed by atoms with Gasteiger partial charge in [0.2, 0.25) is 0 Å². The van der Waals surface area contributed by atoms with Crippen LogP contribution in [0.5, 0.6) is 0 Å². The minimum atomic E-state index is -0.255. The Labute approximate surface area is 128 Å². The molecule has 3 rings (SSSR count). The molecular weight excluding hydrogens is 264 g/mol. The fourth-order valence-corrected chi connectivity index (χ4v) is 6.40. The van der Waals surface area contributed by atoms with Crippen molar-refractivity contribution in [2.75, 3.05) is 6.61 Å². The van der Waals surface area contributed by atoms with Crippen LogP contribution in [0.15, 0.2) is 0 Å². The first-order valence-corrected chi connectivity index (χ1v) is 8.94. The molecule has 3 saturated carbocycles. The third kappa shape index (κ3) is 2.55. The molecule has 21 heavy (non-hydrogen) atoms. The Morgan fingerprint density at radius 1 is 1.14 bits per heavy atom. The van der Waals surface area contributed by atoms with Gasteiger partial charge in [0.1, 0.15) is 0 Å². The summed E-state index contributed by atoms with van der Waals surface area (Å²) in [5.74, 6) is 2.71. The molecule has 8 atom stereocenters. The molecule has 0 aromatic rings.